The van der Waals surface area contributed by atoms with Crippen LogP contribution >= 0.6 is 11.6 Å². The molecule has 114 valence electrons. The Morgan fingerprint density at radius 3 is 2.59 bits per heavy atom. The molecule has 0 heterocycles. The van der Waals surface area contributed by atoms with Crippen molar-refractivity contribution in [3.63, 3.8) is 0 Å². The molecule has 0 aliphatic heterocycles. The van der Waals surface area contributed by atoms with E-state index in [9.17, 15) is 9.59 Å². The van der Waals surface area contributed by atoms with Crippen molar-refractivity contribution in [2.75, 3.05) is 5.32 Å². The van der Waals surface area contributed by atoms with Crippen molar-refractivity contribution in [2.24, 2.45) is 5.73 Å². The standard InChI is InChI=1S/C16H15ClN2O3/c1-10(13-7-2-3-8-14(13)17)22-15(20)11-5-4-6-12(9-11)19-16(18)21/h2-10H,1H3,(H3,18,19,21)/t10-/m0/s1. The van der Waals surface area contributed by atoms with E-state index in [0.29, 0.717) is 16.3 Å². The number of urea groups is 1. The number of rotatable bonds is 4. The maximum atomic E-state index is 12.2. The molecule has 1 atom stereocenters. The second-order valence-electron chi connectivity index (χ2n) is 4.64. The Kier molecular flexibility index (Phi) is 5.01. The largest absolute Gasteiger partial charge is 0.454 e. The van der Waals surface area contributed by atoms with Crippen LogP contribution in [0, 0.1) is 0 Å². The average molecular weight is 319 g/mol. The quantitative estimate of drug-likeness (QED) is 0.842. The fourth-order valence-electron chi connectivity index (χ4n) is 1.96. The molecule has 0 aliphatic rings. The predicted octanol–water partition coefficient (Wildman–Crippen LogP) is 3.75. The van der Waals surface area contributed by atoms with Gasteiger partial charge in [-0.3, -0.25) is 0 Å². The van der Waals surface area contributed by atoms with Crippen LogP contribution in [0.1, 0.15) is 28.9 Å². The summed E-state index contributed by atoms with van der Waals surface area (Å²) in [5, 5.41) is 2.94. The highest BCUT2D eigenvalue weighted by atomic mass is 35.5. The van der Waals surface area contributed by atoms with Crippen LogP contribution in [0.25, 0.3) is 0 Å². The Morgan fingerprint density at radius 2 is 1.91 bits per heavy atom. The fourth-order valence-corrected chi connectivity index (χ4v) is 2.25. The van der Waals surface area contributed by atoms with Crippen molar-refractivity contribution in [1.29, 1.82) is 0 Å². The number of carbonyl (C=O) groups is 2. The van der Waals surface area contributed by atoms with Crippen molar-refractivity contribution in [1.82, 2.24) is 0 Å². The van der Waals surface area contributed by atoms with Crippen LogP contribution < -0.4 is 11.1 Å². The third-order valence-electron chi connectivity index (χ3n) is 2.99. The smallest absolute Gasteiger partial charge is 0.338 e. The number of carbonyl (C=O) groups excluding carboxylic acids is 2. The molecule has 0 spiro atoms. The van der Waals surface area contributed by atoms with Gasteiger partial charge in [-0.05, 0) is 31.2 Å². The number of anilines is 1. The zero-order valence-electron chi connectivity index (χ0n) is 11.9. The van der Waals surface area contributed by atoms with Crippen molar-refractivity contribution in [2.45, 2.75) is 13.0 Å². The van der Waals surface area contributed by atoms with Crippen molar-refractivity contribution >= 4 is 29.3 Å². The number of hydrogen-bond acceptors (Lipinski definition) is 3. The van der Waals surface area contributed by atoms with Gasteiger partial charge in [-0.15, -0.1) is 0 Å². The van der Waals surface area contributed by atoms with Gasteiger partial charge in [0.15, 0.2) is 0 Å². The van der Waals surface area contributed by atoms with Crippen LogP contribution in [-0.2, 0) is 4.74 Å². The third-order valence-corrected chi connectivity index (χ3v) is 3.34. The lowest BCUT2D eigenvalue weighted by Crippen LogP contribution is -2.19. The van der Waals surface area contributed by atoms with Crippen LogP contribution in [0.4, 0.5) is 10.5 Å². The van der Waals surface area contributed by atoms with Gasteiger partial charge in [0, 0.05) is 16.3 Å². The average Bonchev–Trinajstić information content (AvgIpc) is 2.47. The fraction of sp³-hybridized carbons (Fsp3) is 0.125. The number of halogens is 1. The Balaban J connectivity index is 2.12. The molecule has 22 heavy (non-hydrogen) atoms. The molecule has 0 bridgehead atoms. The second-order valence-corrected chi connectivity index (χ2v) is 5.05. The normalized spacial score (nSPS) is 11.5. The molecule has 2 aromatic carbocycles. The molecule has 0 unspecified atom stereocenters. The Labute approximate surface area is 133 Å². The highest BCUT2D eigenvalue weighted by molar-refractivity contribution is 6.31. The summed E-state index contributed by atoms with van der Waals surface area (Å²) in [5.74, 6) is -0.513. The minimum absolute atomic E-state index is 0.310. The molecule has 3 N–H and O–H groups in total. The summed E-state index contributed by atoms with van der Waals surface area (Å²) in [6.07, 6.45) is -0.492. The van der Waals surface area contributed by atoms with Crippen LogP contribution in [0.3, 0.4) is 0 Å². The molecule has 2 rings (SSSR count). The Morgan fingerprint density at radius 1 is 1.18 bits per heavy atom. The summed E-state index contributed by atoms with van der Waals surface area (Å²) in [5.41, 5.74) is 6.50. The van der Waals surface area contributed by atoms with Crippen molar-refractivity contribution in [3.8, 4) is 0 Å². The molecule has 6 heteroatoms. The first-order valence-electron chi connectivity index (χ1n) is 6.59. The molecule has 0 saturated heterocycles. The molecule has 2 amide bonds. The van der Waals surface area contributed by atoms with Gasteiger partial charge in [-0.25, -0.2) is 9.59 Å². The van der Waals surface area contributed by atoms with Crippen LogP contribution in [0.5, 0.6) is 0 Å². The number of esters is 1. The predicted molar refractivity (Wildman–Crippen MR) is 84.9 cm³/mol. The summed E-state index contributed by atoms with van der Waals surface area (Å²) < 4.78 is 5.40. The zero-order valence-corrected chi connectivity index (χ0v) is 12.6. The van der Waals surface area contributed by atoms with Crippen LogP contribution in [0.15, 0.2) is 48.5 Å². The van der Waals surface area contributed by atoms with Gasteiger partial charge in [-0.2, -0.15) is 0 Å². The minimum Gasteiger partial charge on any atom is -0.454 e. The summed E-state index contributed by atoms with van der Waals surface area (Å²) in [4.78, 5) is 23.0. The summed E-state index contributed by atoms with van der Waals surface area (Å²) in [7, 11) is 0. The van der Waals surface area contributed by atoms with E-state index in [0.717, 1.165) is 5.56 Å². The SMILES string of the molecule is C[C@H](OC(=O)c1cccc(NC(N)=O)c1)c1ccccc1Cl. The van der Waals surface area contributed by atoms with E-state index >= 15 is 0 Å². The maximum absolute atomic E-state index is 12.2. The van der Waals surface area contributed by atoms with E-state index in [1.54, 1.807) is 43.3 Å². The number of nitrogens with two attached hydrogens (primary N) is 1. The number of ether oxygens (including phenoxy) is 1. The van der Waals surface area contributed by atoms with Crippen molar-refractivity contribution in [3.05, 3.63) is 64.7 Å². The second kappa shape index (κ2) is 6.95. The van der Waals surface area contributed by atoms with E-state index in [-0.39, 0.29) is 0 Å². The van der Waals surface area contributed by atoms with Gasteiger partial charge < -0.3 is 15.8 Å². The van der Waals surface area contributed by atoms with E-state index in [1.165, 1.54) is 6.07 Å². The van der Waals surface area contributed by atoms with Gasteiger partial charge in [0.1, 0.15) is 6.10 Å². The Bertz CT molecular complexity index is 703. The highest BCUT2D eigenvalue weighted by Gasteiger charge is 2.16. The summed E-state index contributed by atoms with van der Waals surface area (Å²) in [6.45, 7) is 1.74. The molecule has 2 aromatic rings. The van der Waals surface area contributed by atoms with E-state index in [2.05, 4.69) is 5.32 Å². The summed E-state index contributed by atoms with van der Waals surface area (Å²) >= 11 is 6.08. The van der Waals surface area contributed by atoms with Gasteiger partial charge in [-0.1, -0.05) is 35.9 Å². The van der Waals surface area contributed by atoms with E-state index in [4.69, 9.17) is 22.1 Å². The zero-order chi connectivity index (χ0) is 16.1. The summed E-state index contributed by atoms with van der Waals surface area (Å²) in [6, 6.07) is 12.8. The first-order chi connectivity index (χ1) is 10.5. The van der Waals surface area contributed by atoms with E-state index in [1.807, 2.05) is 6.07 Å². The molecule has 0 fully saturated rings. The molecule has 0 saturated carbocycles. The van der Waals surface area contributed by atoms with Gasteiger partial charge in [0.25, 0.3) is 0 Å². The first kappa shape index (κ1) is 15.9. The number of hydrogen-bond donors (Lipinski definition) is 2. The van der Waals surface area contributed by atoms with Crippen LogP contribution in [-0.4, -0.2) is 12.0 Å². The Hall–Kier alpha value is -2.53. The van der Waals surface area contributed by atoms with E-state index < -0.39 is 18.1 Å². The lowest BCUT2D eigenvalue weighted by Gasteiger charge is -2.15. The number of nitrogens with one attached hydrogen (secondary N) is 1. The lowest BCUT2D eigenvalue weighted by atomic mass is 10.1. The number of primary amides is 1. The monoisotopic (exact) mass is 318 g/mol. The maximum Gasteiger partial charge on any atom is 0.338 e. The minimum atomic E-state index is -0.699. The molecule has 5 nitrogen and oxygen atoms in total. The number of amides is 2. The first-order valence-corrected chi connectivity index (χ1v) is 6.97. The molecule has 0 aliphatic carbocycles. The van der Waals surface area contributed by atoms with Gasteiger partial charge in [0.05, 0.1) is 5.56 Å². The molecular weight excluding hydrogens is 304 g/mol. The van der Waals surface area contributed by atoms with Crippen LogP contribution in [0.2, 0.25) is 5.02 Å². The topological polar surface area (TPSA) is 81.4 Å². The molecule has 0 radical (unpaired) electrons. The lowest BCUT2D eigenvalue weighted by molar-refractivity contribution is 0.0338. The van der Waals surface area contributed by atoms with Gasteiger partial charge in [0.2, 0.25) is 0 Å². The highest BCUT2D eigenvalue weighted by Crippen LogP contribution is 2.26. The third kappa shape index (κ3) is 3.99. The van der Waals surface area contributed by atoms with Crippen molar-refractivity contribution < 1.29 is 14.3 Å². The molecule has 0 aromatic heterocycles. The molecular formula is C16H15ClN2O3. The number of benzene rings is 2. The van der Waals surface area contributed by atoms with Gasteiger partial charge >= 0.3 is 12.0 Å².